The van der Waals surface area contributed by atoms with Crippen LogP contribution in [0.3, 0.4) is 0 Å². The molecule has 30 heavy (non-hydrogen) atoms. The molecule has 0 saturated carbocycles. The monoisotopic (exact) mass is 523 g/mol. The number of benzene rings is 1. The van der Waals surface area contributed by atoms with Gasteiger partial charge in [0.2, 0.25) is 0 Å². The fraction of sp³-hybridized carbons (Fsp3) is 0.478. The third-order valence-corrected chi connectivity index (χ3v) is 5.14. The molecule has 1 fully saturated rings. The third kappa shape index (κ3) is 7.34. The van der Waals surface area contributed by atoms with Gasteiger partial charge in [-0.3, -0.25) is 4.99 Å². The van der Waals surface area contributed by atoms with Crippen molar-refractivity contribution in [3.05, 3.63) is 53.7 Å². The van der Waals surface area contributed by atoms with E-state index in [1.165, 1.54) is 25.7 Å². The zero-order valence-corrected chi connectivity index (χ0v) is 20.4. The van der Waals surface area contributed by atoms with Crippen LogP contribution in [0.1, 0.15) is 43.7 Å². The molecule has 7 heteroatoms. The second kappa shape index (κ2) is 13.3. The molecule has 0 aliphatic carbocycles. The Hall–Kier alpha value is -2.03. The lowest BCUT2D eigenvalue weighted by Crippen LogP contribution is -2.36. The number of anilines is 1. The molecule has 2 N–H and O–H groups in total. The van der Waals surface area contributed by atoms with E-state index in [1.807, 2.05) is 31.3 Å². The van der Waals surface area contributed by atoms with Crippen LogP contribution >= 0.6 is 24.0 Å². The first kappa shape index (κ1) is 24.2. The van der Waals surface area contributed by atoms with Crippen molar-refractivity contribution in [1.29, 1.82) is 0 Å². The van der Waals surface area contributed by atoms with Crippen LogP contribution in [0.25, 0.3) is 0 Å². The number of aromatic nitrogens is 1. The van der Waals surface area contributed by atoms with E-state index in [4.69, 9.17) is 4.74 Å². The Balaban J connectivity index is 0.00000320. The smallest absolute Gasteiger partial charge is 0.191 e. The summed E-state index contributed by atoms with van der Waals surface area (Å²) in [6.45, 7) is 6.22. The predicted molar refractivity (Wildman–Crippen MR) is 135 cm³/mol. The molecule has 1 saturated heterocycles. The number of nitrogens with zero attached hydrogens (tertiary/aromatic N) is 3. The Morgan fingerprint density at radius 2 is 1.77 bits per heavy atom. The minimum Gasteiger partial charge on any atom is -0.494 e. The van der Waals surface area contributed by atoms with Gasteiger partial charge in [-0.1, -0.05) is 37.1 Å². The molecule has 2 heterocycles. The maximum atomic E-state index is 5.69. The van der Waals surface area contributed by atoms with Gasteiger partial charge in [0.25, 0.3) is 0 Å². The van der Waals surface area contributed by atoms with Gasteiger partial charge in [0.05, 0.1) is 6.61 Å². The zero-order valence-electron chi connectivity index (χ0n) is 18.1. The fourth-order valence-electron chi connectivity index (χ4n) is 3.54. The van der Waals surface area contributed by atoms with Crippen molar-refractivity contribution in [2.75, 3.05) is 31.6 Å². The first-order chi connectivity index (χ1) is 14.3. The molecule has 0 spiro atoms. The summed E-state index contributed by atoms with van der Waals surface area (Å²) in [5.41, 5.74) is 2.25. The molecular formula is C23H34IN5O. The molecule has 164 valence electrons. The summed E-state index contributed by atoms with van der Waals surface area (Å²) in [4.78, 5) is 11.4. The molecular weight excluding hydrogens is 489 g/mol. The van der Waals surface area contributed by atoms with Crippen LogP contribution < -0.4 is 20.3 Å². The molecule has 0 amide bonds. The van der Waals surface area contributed by atoms with Gasteiger partial charge >= 0.3 is 0 Å². The highest BCUT2D eigenvalue weighted by atomic mass is 127. The number of rotatable bonds is 7. The van der Waals surface area contributed by atoms with E-state index in [0.717, 1.165) is 41.7 Å². The number of hydrogen-bond acceptors (Lipinski definition) is 4. The number of para-hydroxylation sites is 1. The molecule has 2 aromatic rings. The van der Waals surface area contributed by atoms with Gasteiger partial charge < -0.3 is 20.3 Å². The molecule has 0 atom stereocenters. The Bertz CT molecular complexity index is 773. The molecule has 6 nitrogen and oxygen atoms in total. The number of hydrogen-bond donors (Lipinski definition) is 2. The minimum absolute atomic E-state index is 0. The molecule has 1 aliphatic heterocycles. The van der Waals surface area contributed by atoms with Gasteiger partial charge in [-0.25, -0.2) is 4.98 Å². The van der Waals surface area contributed by atoms with Crippen LogP contribution in [0.5, 0.6) is 5.75 Å². The van der Waals surface area contributed by atoms with E-state index >= 15 is 0 Å². The topological polar surface area (TPSA) is 61.8 Å². The van der Waals surface area contributed by atoms with Gasteiger partial charge in [-0.15, -0.1) is 24.0 Å². The average Bonchev–Trinajstić information content (AvgIpc) is 3.05. The summed E-state index contributed by atoms with van der Waals surface area (Å²) in [6.07, 6.45) is 7.16. The van der Waals surface area contributed by atoms with Crippen LogP contribution in [0, 0.1) is 0 Å². The van der Waals surface area contributed by atoms with Gasteiger partial charge in [0.15, 0.2) is 5.96 Å². The molecule has 0 unspecified atom stereocenters. The normalized spacial score (nSPS) is 14.5. The molecule has 0 bridgehead atoms. The van der Waals surface area contributed by atoms with Gasteiger partial charge in [-0.2, -0.15) is 0 Å². The number of nitrogens with one attached hydrogen (secondary N) is 2. The van der Waals surface area contributed by atoms with Crippen LogP contribution in [-0.2, 0) is 13.1 Å². The summed E-state index contributed by atoms with van der Waals surface area (Å²) in [7, 11) is 1.78. The summed E-state index contributed by atoms with van der Waals surface area (Å²) < 4.78 is 5.69. The highest BCUT2D eigenvalue weighted by Crippen LogP contribution is 2.18. The lowest BCUT2D eigenvalue weighted by molar-refractivity contribution is 0.336. The second-order valence-corrected chi connectivity index (χ2v) is 7.25. The third-order valence-electron chi connectivity index (χ3n) is 5.14. The van der Waals surface area contributed by atoms with E-state index in [0.29, 0.717) is 19.7 Å². The zero-order chi connectivity index (χ0) is 20.3. The summed E-state index contributed by atoms with van der Waals surface area (Å²) >= 11 is 0. The predicted octanol–water partition coefficient (Wildman–Crippen LogP) is 4.34. The highest BCUT2D eigenvalue weighted by Gasteiger charge is 2.11. The summed E-state index contributed by atoms with van der Waals surface area (Å²) in [6, 6.07) is 12.4. The van der Waals surface area contributed by atoms with Gasteiger partial charge in [0.1, 0.15) is 11.6 Å². The standard InChI is InChI=1S/C23H33N5O.HI/c1-3-29-21-11-7-6-10-20(21)18-27-23(24-2)26-17-19-12-13-22(25-16-19)28-14-8-4-5-9-15-28;/h6-7,10-13,16H,3-5,8-9,14-15,17-18H2,1-2H3,(H2,24,26,27);1H. The van der Waals surface area contributed by atoms with Crippen LogP contribution in [-0.4, -0.2) is 37.7 Å². The second-order valence-electron chi connectivity index (χ2n) is 7.25. The number of guanidine groups is 1. The average molecular weight is 523 g/mol. The van der Waals surface area contributed by atoms with E-state index in [2.05, 4.69) is 43.7 Å². The molecule has 1 aromatic heterocycles. The van der Waals surface area contributed by atoms with Crippen molar-refractivity contribution in [1.82, 2.24) is 15.6 Å². The first-order valence-corrected chi connectivity index (χ1v) is 10.6. The van der Waals surface area contributed by atoms with Crippen molar-refractivity contribution >= 4 is 35.8 Å². The Labute approximate surface area is 197 Å². The Kier molecular flexibility index (Phi) is 10.8. The lowest BCUT2D eigenvalue weighted by atomic mass is 10.2. The maximum Gasteiger partial charge on any atom is 0.191 e. The minimum atomic E-state index is 0. The maximum absolute atomic E-state index is 5.69. The van der Waals surface area contributed by atoms with Crippen molar-refractivity contribution < 1.29 is 4.74 Å². The largest absolute Gasteiger partial charge is 0.494 e. The lowest BCUT2D eigenvalue weighted by Gasteiger charge is -2.21. The van der Waals surface area contributed by atoms with Gasteiger partial charge in [0, 0.05) is 45.0 Å². The van der Waals surface area contributed by atoms with Crippen LogP contribution in [0.15, 0.2) is 47.6 Å². The number of pyridine rings is 1. The Morgan fingerprint density at radius 3 is 2.43 bits per heavy atom. The summed E-state index contributed by atoms with van der Waals surface area (Å²) in [5.74, 6) is 2.75. The van der Waals surface area contributed by atoms with Crippen LogP contribution in [0.2, 0.25) is 0 Å². The van der Waals surface area contributed by atoms with Crippen molar-refractivity contribution in [3.8, 4) is 5.75 Å². The summed E-state index contributed by atoms with van der Waals surface area (Å²) in [5, 5.41) is 6.72. The molecule has 1 aliphatic rings. The van der Waals surface area contributed by atoms with Crippen molar-refractivity contribution in [2.45, 2.75) is 45.7 Å². The number of halogens is 1. The van der Waals surface area contributed by atoms with Crippen molar-refractivity contribution in [2.24, 2.45) is 4.99 Å². The molecule has 0 radical (unpaired) electrons. The number of ether oxygens (including phenoxy) is 1. The molecule has 3 rings (SSSR count). The van der Waals surface area contributed by atoms with Crippen LogP contribution in [0.4, 0.5) is 5.82 Å². The van der Waals surface area contributed by atoms with E-state index in [-0.39, 0.29) is 24.0 Å². The van der Waals surface area contributed by atoms with Gasteiger partial charge in [-0.05, 0) is 37.5 Å². The van der Waals surface area contributed by atoms with E-state index in [9.17, 15) is 0 Å². The fourth-order valence-corrected chi connectivity index (χ4v) is 3.54. The SMILES string of the molecule is CCOc1ccccc1CNC(=NC)NCc1ccc(N2CCCCCC2)nc1.I. The van der Waals surface area contributed by atoms with Crippen molar-refractivity contribution in [3.63, 3.8) is 0 Å². The van der Waals surface area contributed by atoms with E-state index in [1.54, 1.807) is 7.05 Å². The number of aliphatic imine (C=N–C) groups is 1. The quantitative estimate of drug-likeness (QED) is 0.321. The van der Waals surface area contributed by atoms with E-state index < -0.39 is 0 Å². The first-order valence-electron chi connectivity index (χ1n) is 10.6. The molecule has 1 aromatic carbocycles. The highest BCUT2D eigenvalue weighted by molar-refractivity contribution is 14.0. The Morgan fingerprint density at radius 1 is 1.03 bits per heavy atom.